The van der Waals surface area contributed by atoms with Crippen molar-refractivity contribution >= 4 is 22.7 Å². The lowest BCUT2D eigenvalue weighted by atomic mass is 10.2. The minimum Gasteiger partial charge on any atom is -0.383 e. The van der Waals surface area contributed by atoms with E-state index in [9.17, 15) is 9.59 Å². The zero-order chi connectivity index (χ0) is 15.2. The van der Waals surface area contributed by atoms with Crippen molar-refractivity contribution in [2.75, 3.05) is 20.3 Å². The summed E-state index contributed by atoms with van der Waals surface area (Å²) in [6.45, 7) is 2.45. The van der Waals surface area contributed by atoms with Gasteiger partial charge in [-0.1, -0.05) is 18.2 Å². The Kier molecular flexibility index (Phi) is 4.89. The van der Waals surface area contributed by atoms with E-state index in [0.29, 0.717) is 13.2 Å². The summed E-state index contributed by atoms with van der Waals surface area (Å²) in [5, 5.41) is 12.8. The average molecular weight is 290 g/mol. The molecule has 0 aliphatic carbocycles. The molecule has 1 aromatic heterocycles. The van der Waals surface area contributed by atoms with Gasteiger partial charge in [0.15, 0.2) is 5.69 Å². The fraction of sp³-hybridized carbons (Fsp3) is 0.357. The first kappa shape index (κ1) is 15.0. The van der Waals surface area contributed by atoms with Crippen LogP contribution in [-0.2, 0) is 9.53 Å². The van der Waals surface area contributed by atoms with Gasteiger partial charge in [0.05, 0.1) is 12.1 Å². The van der Waals surface area contributed by atoms with Crippen molar-refractivity contribution in [2.24, 2.45) is 0 Å². The highest BCUT2D eigenvalue weighted by atomic mass is 16.5. The van der Waals surface area contributed by atoms with Crippen LogP contribution in [0.4, 0.5) is 0 Å². The molecule has 0 spiro atoms. The number of carbonyl (C=O) groups excluding carboxylic acids is 2. The van der Waals surface area contributed by atoms with Crippen LogP contribution in [0.1, 0.15) is 17.4 Å². The van der Waals surface area contributed by atoms with Gasteiger partial charge in [-0.25, -0.2) is 0 Å². The van der Waals surface area contributed by atoms with E-state index in [1.54, 1.807) is 20.1 Å². The average Bonchev–Trinajstić information content (AvgIpc) is 2.91. The molecular weight excluding hydrogens is 272 g/mol. The van der Waals surface area contributed by atoms with E-state index in [2.05, 4.69) is 20.8 Å². The SMILES string of the molecule is COCCNC(=O)C(C)NC(=O)c1n[nH]c2ccccc12. The number of methoxy groups -OCH3 is 1. The molecule has 1 atom stereocenters. The number of hydrogen-bond acceptors (Lipinski definition) is 4. The predicted octanol–water partition coefficient (Wildman–Crippen LogP) is 0.444. The first-order valence-corrected chi connectivity index (χ1v) is 6.64. The molecule has 0 fully saturated rings. The summed E-state index contributed by atoms with van der Waals surface area (Å²) in [5.41, 5.74) is 1.06. The quantitative estimate of drug-likeness (QED) is 0.673. The molecule has 3 N–H and O–H groups in total. The number of carbonyl (C=O) groups is 2. The van der Waals surface area contributed by atoms with Gasteiger partial charge in [0.1, 0.15) is 6.04 Å². The molecule has 0 radical (unpaired) electrons. The number of H-pyrrole nitrogens is 1. The molecule has 2 aromatic rings. The molecule has 1 unspecified atom stereocenters. The number of aromatic nitrogens is 2. The van der Waals surface area contributed by atoms with E-state index in [0.717, 1.165) is 10.9 Å². The summed E-state index contributed by atoms with van der Waals surface area (Å²) in [6, 6.07) is 6.67. The third-order valence-electron chi connectivity index (χ3n) is 3.03. The smallest absolute Gasteiger partial charge is 0.273 e. The zero-order valence-corrected chi connectivity index (χ0v) is 12.0. The highest BCUT2D eigenvalue weighted by Gasteiger charge is 2.19. The van der Waals surface area contributed by atoms with Crippen LogP contribution in [0.3, 0.4) is 0 Å². The summed E-state index contributed by atoms with van der Waals surface area (Å²) in [7, 11) is 1.56. The highest BCUT2D eigenvalue weighted by Crippen LogP contribution is 2.14. The Morgan fingerprint density at radius 1 is 1.38 bits per heavy atom. The van der Waals surface area contributed by atoms with Crippen molar-refractivity contribution in [3.8, 4) is 0 Å². The third kappa shape index (κ3) is 3.57. The van der Waals surface area contributed by atoms with Crippen molar-refractivity contribution in [3.63, 3.8) is 0 Å². The number of ether oxygens (including phenoxy) is 1. The predicted molar refractivity (Wildman–Crippen MR) is 77.9 cm³/mol. The van der Waals surface area contributed by atoms with E-state index in [4.69, 9.17) is 4.74 Å². The molecule has 7 heteroatoms. The molecule has 1 heterocycles. The second-order valence-corrected chi connectivity index (χ2v) is 4.60. The monoisotopic (exact) mass is 290 g/mol. The van der Waals surface area contributed by atoms with Crippen LogP contribution < -0.4 is 10.6 Å². The molecule has 7 nitrogen and oxygen atoms in total. The third-order valence-corrected chi connectivity index (χ3v) is 3.03. The molecule has 2 amide bonds. The Balaban J connectivity index is 1.99. The lowest BCUT2D eigenvalue weighted by Crippen LogP contribution is -2.45. The Labute approximate surface area is 122 Å². The second kappa shape index (κ2) is 6.85. The molecule has 0 aliphatic heterocycles. The molecule has 0 aliphatic rings. The van der Waals surface area contributed by atoms with Gasteiger partial charge in [-0.05, 0) is 13.0 Å². The van der Waals surface area contributed by atoms with Gasteiger partial charge >= 0.3 is 0 Å². The van der Waals surface area contributed by atoms with Gasteiger partial charge in [-0.3, -0.25) is 14.7 Å². The summed E-state index contributed by atoms with van der Waals surface area (Å²) in [5.74, 6) is -0.651. The van der Waals surface area contributed by atoms with Crippen LogP contribution >= 0.6 is 0 Å². The highest BCUT2D eigenvalue weighted by molar-refractivity contribution is 6.05. The molecule has 0 saturated heterocycles. The number of nitrogens with one attached hydrogen (secondary N) is 3. The van der Waals surface area contributed by atoms with E-state index < -0.39 is 6.04 Å². The minimum absolute atomic E-state index is 0.264. The number of rotatable bonds is 6. The van der Waals surface area contributed by atoms with Crippen LogP contribution in [0.5, 0.6) is 0 Å². The van der Waals surface area contributed by atoms with Gasteiger partial charge in [-0.2, -0.15) is 5.10 Å². The van der Waals surface area contributed by atoms with E-state index in [1.807, 2.05) is 18.2 Å². The molecule has 21 heavy (non-hydrogen) atoms. The van der Waals surface area contributed by atoms with Gasteiger partial charge in [0, 0.05) is 19.0 Å². The Hall–Kier alpha value is -2.41. The number of amides is 2. The summed E-state index contributed by atoms with van der Waals surface area (Å²) >= 11 is 0. The second-order valence-electron chi connectivity index (χ2n) is 4.60. The molecule has 0 bridgehead atoms. The molecule has 112 valence electrons. The maximum absolute atomic E-state index is 12.2. The van der Waals surface area contributed by atoms with Crippen LogP contribution in [0.25, 0.3) is 10.9 Å². The van der Waals surface area contributed by atoms with Gasteiger partial charge in [0.2, 0.25) is 5.91 Å². The van der Waals surface area contributed by atoms with Crippen LogP contribution in [0.2, 0.25) is 0 Å². The number of aromatic amines is 1. The fourth-order valence-corrected chi connectivity index (χ4v) is 1.90. The first-order chi connectivity index (χ1) is 10.1. The van der Waals surface area contributed by atoms with Crippen molar-refractivity contribution in [2.45, 2.75) is 13.0 Å². The van der Waals surface area contributed by atoms with Crippen molar-refractivity contribution in [3.05, 3.63) is 30.0 Å². The summed E-state index contributed by atoms with van der Waals surface area (Å²) < 4.78 is 4.84. The van der Waals surface area contributed by atoms with Crippen LogP contribution in [0.15, 0.2) is 24.3 Å². The standard InChI is InChI=1S/C14H18N4O3/c1-9(13(19)15-7-8-21-2)16-14(20)12-10-5-3-4-6-11(10)17-18-12/h3-6,9H,7-8H2,1-2H3,(H,15,19)(H,16,20)(H,17,18). The first-order valence-electron chi connectivity index (χ1n) is 6.64. The van der Waals surface area contributed by atoms with Crippen LogP contribution in [0, 0.1) is 0 Å². The fourth-order valence-electron chi connectivity index (χ4n) is 1.90. The number of benzene rings is 1. The molecule has 0 saturated carbocycles. The largest absolute Gasteiger partial charge is 0.383 e. The topological polar surface area (TPSA) is 96.1 Å². The van der Waals surface area contributed by atoms with Gasteiger partial charge in [-0.15, -0.1) is 0 Å². The number of para-hydroxylation sites is 1. The number of hydrogen-bond donors (Lipinski definition) is 3. The Bertz CT molecular complexity index is 638. The lowest BCUT2D eigenvalue weighted by molar-refractivity contribution is -0.122. The minimum atomic E-state index is -0.648. The van der Waals surface area contributed by atoms with Crippen LogP contribution in [-0.4, -0.2) is 48.3 Å². The maximum atomic E-state index is 12.2. The number of nitrogens with zero attached hydrogens (tertiary/aromatic N) is 1. The maximum Gasteiger partial charge on any atom is 0.273 e. The summed E-state index contributed by atoms with van der Waals surface area (Å²) in [4.78, 5) is 23.9. The molecular formula is C14H18N4O3. The Morgan fingerprint density at radius 3 is 2.90 bits per heavy atom. The van der Waals surface area contributed by atoms with Crippen molar-refractivity contribution < 1.29 is 14.3 Å². The van der Waals surface area contributed by atoms with E-state index >= 15 is 0 Å². The van der Waals surface area contributed by atoms with E-state index in [-0.39, 0.29) is 17.5 Å². The van der Waals surface area contributed by atoms with Gasteiger partial charge in [0.25, 0.3) is 5.91 Å². The normalized spacial score (nSPS) is 12.1. The molecule has 2 rings (SSSR count). The zero-order valence-electron chi connectivity index (χ0n) is 12.0. The lowest BCUT2D eigenvalue weighted by Gasteiger charge is -2.13. The van der Waals surface area contributed by atoms with E-state index in [1.165, 1.54) is 0 Å². The summed E-state index contributed by atoms with van der Waals surface area (Å²) in [6.07, 6.45) is 0. The Morgan fingerprint density at radius 2 is 2.14 bits per heavy atom. The van der Waals surface area contributed by atoms with Gasteiger partial charge < -0.3 is 15.4 Å². The van der Waals surface area contributed by atoms with Crippen molar-refractivity contribution in [1.29, 1.82) is 0 Å². The number of fused-ring (bicyclic) bond motifs is 1. The van der Waals surface area contributed by atoms with Crippen molar-refractivity contribution in [1.82, 2.24) is 20.8 Å². The molecule has 1 aromatic carbocycles.